The standard InChI is InChI=1S/C21H27NO2/c1-5-19(18-11-12-20(24-4)16(3)14-18)22-21(23)13-10-17-8-6-15(2)7-9-17/h6-9,11-12,14,19H,5,10,13H2,1-4H3,(H,22,23)/t19-/m1/s1. The van der Waals surface area contributed by atoms with Gasteiger partial charge in [0.25, 0.3) is 0 Å². The summed E-state index contributed by atoms with van der Waals surface area (Å²) in [5, 5.41) is 3.15. The maximum absolute atomic E-state index is 12.3. The smallest absolute Gasteiger partial charge is 0.220 e. The van der Waals surface area contributed by atoms with Crippen LogP contribution < -0.4 is 10.1 Å². The van der Waals surface area contributed by atoms with Crippen LogP contribution in [0.25, 0.3) is 0 Å². The van der Waals surface area contributed by atoms with Crippen LogP contribution in [-0.4, -0.2) is 13.0 Å². The van der Waals surface area contributed by atoms with E-state index < -0.39 is 0 Å². The Hall–Kier alpha value is -2.29. The van der Waals surface area contributed by atoms with E-state index >= 15 is 0 Å². The molecule has 1 amide bonds. The normalized spacial score (nSPS) is 11.8. The number of carbonyl (C=O) groups is 1. The second-order valence-electron chi connectivity index (χ2n) is 6.24. The summed E-state index contributed by atoms with van der Waals surface area (Å²) in [7, 11) is 1.67. The first-order valence-corrected chi connectivity index (χ1v) is 8.53. The summed E-state index contributed by atoms with van der Waals surface area (Å²) in [6.07, 6.45) is 2.14. The molecule has 0 aliphatic carbocycles. The lowest BCUT2D eigenvalue weighted by atomic mass is 10.0. The second kappa shape index (κ2) is 8.53. The van der Waals surface area contributed by atoms with Gasteiger partial charge in [-0.3, -0.25) is 4.79 Å². The number of amides is 1. The Morgan fingerprint density at radius 3 is 2.42 bits per heavy atom. The molecule has 0 saturated carbocycles. The van der Waals surface area contributed by atoms with Crippen molar-refractivity contribution in [1.29, 1.82) is 0 Å². The molecule has 0 aromatic heterocycles. The number of benzene rings is 2. The fraction of sp³-hybridized carbons (Fsp3) is 0.381. The van der Waals surface area contributed by atoms with Crippen molar-refractivity contribution in [2.24, 2.45) is 0 Å². The molecule has 0 heterocycles. The van der Waals surface area contributed by atoms with Crippen LogP contribution in [0.15, 0.2) is 42.5 Å². The molecule has 2 aromatic carbocycles. The predicted molar refractivity (Wildman–Crippen MR) is 98.4 cm³/mol. The minimum absolute atomic E-state index is 0.0418. The van der Waals surface area contributed by atoms with Gasteiger partial charge in [0, 0.05) is 6.42 Å². The summed E-state index contributed by atoms with van der Waals surface area (Å²) < 4.78 is 5.30. The van der Waals surface area contributed by atoms with Gasteiger partial charge in [0.05, 0.1) is 13.2 Å². The van der Waals surface area contributed by atoms with E-state index in [4.69, 9.17) is 4.74 Å². The molecule has 1 atom stereocenters. The second-order valence-corrected chi connectivity index (χ2v) is 6.24. The van der Waals surface area contributed by atoms with Gasteiger partial charge in [0.2, 0.25) is 5.91 Å². The van der Waals surface area contributed by atoms with Crippen LogP contribution >= 0.6 is 0 Å². The van der Waals surface area contributed by atoms with E-state index in [1.165, 1.54) is 11.1 Å². The molecule has 3 nitrogen and oxygen atoms in total. The van der Waals surface area contributed by atoms with Crippen LogP contribution in [0.1, 0.15) is 48.1 Å². The van der Waals surface area contributed by atoms with Crippen molar-refractivity contribution in [3.05, 3.63) is 64.7 Å². The molecule has 2 rings (SSSR count). The fourth-order valence-corrected chi connectivity index (χ4v) is 2.82. The first-order chi connectivity index (χ1) is 11.5. The van der Waals surface area contributed by atoms with Gasteiger partial charge in [0.15, 0.2) is 0 Å². The summed E-state index contributed by atoms with van der Waals surface area (Å²) in [5.41, 5.74) is 4.65. The van der Waals surface area contributed by atoms with Gasteiger partial charge < -0.3 is 10.1 Å². The summed E-state index contributed by atoms with van der Waals surface area (Å²) in [6, 6.07) is 14.5. The molecule has 0 fully saturated rings. The van der Waals surface area contributed by atoms with Gasteiger partial charge in [-0.1, -0.05) is 48.9 Å². The Balaban J connectivity index is 1.95. The first-order valence-electron chi connectivity index (χ1n) is 8.53. The van der Waals surface area contributed by atoms with Crippen LogP contribution in [0.3, 0.4) is 0 Å². The highest BCUT2D eigenvalue weighted by atomic mass is 16.5. The van der Waals surface area contributed by atoms with Gasteiger partial charge in [-0.2, -0.15) is 0 Å². The van der Waals surface area contributed by atoms with Crippen LogP contribution in [0.5, 0.6) is 5.75 Å². The Bertz CT molecular complexity index is 677. The van der Waals surface area contributed by atoms with Crippen LogP contribution in [0, 0.1) is 13.8 Å². The third-order valence-corrected chi connectivity index (χ3v) is 4.33. The van der Waals surface area contributed by atoms with Crippen molar-refractivity contribution in [2.75, 3.05) is 7.11 Å². The quantitative estimate of drug-likeness (QED) is 0.813. The van der Waals surface area contributed by atoms with E-state index in [1.807, 2.05) is 19.1 Å². The lowest BCUT2D eigenvalue weighted by molar-refractivity contribution is -0.121. The van der Waals surface area contributed by atoms with Crippen molar-refractivity contribution in [2.45, 2.75) is 46.1 Å². The van der Waals surface area contributed by atoms with E-state index in [0.717, 1.165) is 29.7 Å². The molecule has 0 saturated heterocycles. The number of aryl methyl sites for hydroxylation is 3. The highest BCUT2D eigenvalue weighted by Gasteiger charge is 2.14. The molecule has 0 aliphatic heterocycles. The average molecular weight is 325 g/mol. The predicted octanol–water partition coefficient (Wildman–Crippen LogP) is 4.51. The molecule has 0 bridgehead atoms. The number of carbonyl (C=O) groups excluding carboxylic acids is 1. The van der Waals surface area contributed by atoms with Gasteiger partial charge in [-0.05, 0) is 49.4 Å². The van der Waals surface area contributed by atoms with E-state index in [-0.39, 0.29) is 11.9 Å². The zero-order valence-corrected chi connectivity index (χ0v) is 15.1. The Labute approximate surface area is 145 Å². The molecule has 1 N–H and O–H groups in total. The zero-order chi connectivity index (χ0) is 17.5. The molecule has 0 aliphatic rings. The highest BCUT2D eigenvalue weighted by molar-refractivity contribution is 5.76. The maximum atomic E-state index is 12.3. The number of rotatable bonds is 7. The third-order valence-electron chi connectivity index (χ3n) is 4.33. The van der Waals surface area contributed by atoms with E-state index in [2.05, 4.69) is 49.5 Å². The molecule has 24 heavy (non-hydrogen) atoms. The van der Waals surface area contributed by atoms with Crippen molar-refractivity contribution in [3.8, 4) is 5.75 Å². The molecule has 0 radical (unpaired) electrons. The molecular formula is C21H27NO2. The molecule has 2 aromatic rings. The molecule has 3 heteroatoms. The van der Waals surface area contributed by atoms with Gasteiger partial charge >= 0.3 is 0 Å². The number of ether oxygens (including phenoxy) is 1. The average Bonchev–Trinajstić information content (AvgIpc) is 2.59. The van der Waals surface area contributed by atoms with Crippen LogP contribution in [0.4, 0.5) is 0 Å². The number of nitrogens with one attached hydrogen (secondary N) is 1. The Kier molecular flexibility index (Phi) is 6.42. The monoisotopic (exact) mass is 325 g/mol. The fourth-order valence-electron chi connectivity index (χ4n) is 2.82. The molecule has 0 unspecified atom stereocenters. The molecule has 128 valence electrons. The Morgan fingerprint density at radius 1 is 1.12 bits per heavy atom. The Morgan fingerprint density at radius 2 is 1.83 bits per heavy atom. The molecular weight excluding hydrogens is 298 g/mol. The SMILES string of the molecule is CC[C@@H](NC(=O)CCc1ccc(C)cc1)c1ccc(OC)c(C)c1. The largest absolute Gasteiger partial charge is 0.496 e. The van der Waals surface area contributed by atoms with Gasteiger partial charge in [-0.25, -0.2) is 0 Å². The van der Waals surface area contributed by atoms with Crippen LogP contribution in [0.2, 0.25) is 0 Å². The van der Waals surface area contributed by atoms with E-state index in [9.17, 15) is 4.79 Å². The van der Waals surface area contributed by atoms with Crippen molar-refractivity contribution in [3.63, 3.8) is 0 Å². The van der Waals surface area contributed by atoms with Crippen molar-refractivity contribution >= 4 is 5.91 Å². The summed E-state index contributed by atoms with van der Waals surface area (Å²) in [5.74, 6) is 0.968. The van der Waals surface area contributed by atoms with Crippen molar-refractivity contribution in [1.82, 2.24) is 5.32 Å². The highest BCUT2D eigenvalue weighted by Crippen LogP contribution is 2.24. The summed E-state index contributed by atoms with van der Waals surface area (Å²) in [6.45, 7) is 6.18. The number of hydrogen-bond donors (Lipinski definition) is 1. The van der Waals surface area contributed by atoms with Gasteiger partial charge in [0.1, 0.15) is 5.75 Å². The van der Waals surface area contributed by atoms with E-state index in [1.54, 1.807) is 7.11 Å². The molecule has 0 spiro atoms. The van der Waals surface area contributed by atoms with Gasteiger partial charge in [-0.15, -0.1) is 0 Å². The van der Waals surface area contributed by atoms with Crippen molar-refractivity contribution < 1.29 is 9.53 Å². The zero-order valence-electron chi connectivity index (χ0n) is 15.1. The maximum Gasteiger partial charge on any atom is 0.220 e. The lowest BCUT2D eigenvalue weighted by Gasteiger charge is -2.19. The number of hydrogen-bond acceptors (Lipinski definition) is 2. The summed E-state index contributed by atoms with van der Waals surface area (Å²) in [4.78, 5) is 12.3. The third kappa shape index (κ3) is 4.85. The summed E-state index contributed by atoms with van der Waals surface area (Å²) >= 11 is 0. The van der Waals surface area contributed by atoms with Crippen LogP contribution in [-0.2, 0) is 11.2 Å². The van der Waals surface area contributed by atoms with E-state index in [0.29, 0.717) is 6.42 Å². The minimum atomic E-state index is 0.0418. The minimum Gasteiger partial charge on any atom is -0.496 e. The lowest BCUT2D eigenvalue weighted by Crippen LogP contribution is -2.28. The first kappa shape index (κ1) is 18.1. The topological polar surface area (TPSA) is 38.3 Å². The number of methoxy groups -OCH3 is 1.